The number of nitrogens with zero attached hydrogens (tertiary/aromatic N) is 3. The second-order valence-electron chi connectivity index (χ2n) is 6.19. The van der Waals surface area contributed by atoms with Crippen molar-refractivity contribution in [3.63, 3.8) is 0 Å². The van der Waals surface area contributed by atoms with Gasteiger partial charge in [0, 0.05) is 18.7 Å². The fourth-order valence-corrected chi connectivity index (χ4v) is 4.35. The minimum Gasteiger partial charge on any atom is -0.402 e. The molecule has 0 amide bonds. The Bertz CT molecular complexity index is 1140. The zero-order chi connectivity index (χ0) is 21.0. The summed E-state index contributed by atoms with van der Waals surface area (Å²) in [5.41, 5.74) is 1.70. The summed E-state index contributed by atoms with van der Waals surface area (Å²) in [4.78, 5) is 16.5. The summed E-state index contributed by atoms with van der Waals surface area (Å²) < 4.78 is 32.0. The van der Waals surface area contributed by atoms with Crippen molar-refractivity contribution in [2.24, 2.45) is 4.99 Å². The molecule has 1 aliphatic rings. The summed E-state index contributed by atoms with van der Waals surface area (Å²) in [5.74, 6) is -0.576. The minimum absolute atomic E-state index is 0.0477. The highest BCUT2D eigenvalue weighted by molar-refractivity contribution is 7.89. The molecule has 0 fully saturated rings. The molecule has 0 bridgehead atoms. The van der Waals surface area contributed by atoms with Crippen molar-refractivity contribution in [1.29, 1.82) is 5.26 Å². The Morgan fingerprint density at radius 2 is 1.83 bits per heavy atom. The first-order valence-electron chi connectivity index (χ1n) is 9.02. The Hall–Kier alpha value is -3.28. The van der Waals surface area contributed by atoms with Crippen LogP contribution in [0.25, 0.3) is 6.08 Å². The number of ether oxygens (including phenoxy) is 1. The highest BCUT2D eigenvalue weighted by Gasteiger charge is 2.27. The number of aliphatic imine (C=N–C) groups is 1. The van der Waals surface area contributed by atoms with Gasteiger partial charge in [0.2, 0.25) is 15.9 Å². The van der Waals surface area contributed by atoms with Gasteiger partial charge in [0.25, 0.3) is 0 Å². The van der Waals surface area contributed by atoms with E-state index in [1.54, 1.807) is 56.3 Å². The van der Waals surface area contributed by atoms with Gasteiger partial charge in [-0.15, -0.1) is 0 Å². The molecule has 1 aliphatic heterocycles. The maximum Gasteiger partial charge on any atom is 0.363 e. The predicted molar refractivity (Wildman–Crippen MR) is 108 cm³/mol. The molecule has 0 spiro atoms. The van der Waals surface area contributed by atoms with Crippen molar-refractivity contribution in [1.82, 2.24) is 4.31 Å². The van der Waals surface area contributed by atoms with Gasteiger partial charge in [0.15, 0.2) is 5.70 Å². The third kappa shape index (κ3) is 4.26. The van der Waals surface area contributed by atoms with Gasteiger partial charge in [-0.25, -0.2) is 18.2 Å². The Labute approximate surface area is 169 Å². The standard InChI is InChI=1S/C21H19N3O4S/c1-3-24(4-2)29(26,27)18-7-5-6-17(13-18)20-23-19(21(25)28-20)12-15-8-10-16(14-22)11-9-15/h5-13H,3-4H2,1-2H3/b19-12-. The van der Waals surface area contributed by atoms with Gasteiger partial charge in [0.1, 0.15) is 0 Å². The largest absolute Gasteiger partial charge is 0.402 e. The van der Waals surface area contributed by atoms with Crippen molar-refractivity contribution in [2.75, 3.05) is 13.1 Å². The summed E-state index contributed by atoms with van der Waals surface area (Å²) in [5, 5.41) is 8.85. The van der Waals surface area contributed by atoms with Crippen LogP contribution in [-0.2, 0) is 19.6 Å². The lowest BCUT2D eigenvalue weighted by atomic mass is 10.1. The molecular formula is C21H19N3O4S. The number of hydrogen-bond donors (Lipinski definition) is 0. The molecule has 8 heteroatoms. The molecule has 0 aromatic heterocycles. The molecule has 0 aliphatic carbocycles. The molecular weight excluding hydrogens is 390 g/mol. The summed E-state index contributed by atoms with van der Waals surface area (Å²) in [6, 6.07) is 14.9. The lowest BCUT2D eigenvalue weighted by molar-refractivity contribution is -0.129. The monoisotopic (exact) mass is 409 g/mol. The van der Waals surface area contributed by atoms with Crippen molar-refractivity contribution >= 4 is 28.0 Å². The quantitative estimate of drug-likeness (QED) is 0.539. The van der Waals surface area contributed by atoms with Gasteiger partial charge in [-0.2, -0.15) is 9.57 Å². The van der Waals surface area contributed by atoms with E-state index in [1.165, 1.54) is 16.4 Å². The third-order valence-electron chi connectivity index (χ3n) is 4.39. The minimum atomic E-state index is -3.64. The Morgan fingerprint density at radius 3 is 2.45 bits per heavy atom. The van der Waals surface area contributed by atoms with E-state index in [2.05, 4.69) is 4.99 Å². The number of esters is 1. The highest BCUT2D eigenvalue weighted by Crippen LogP contribution is 2.22. The lowest BCUT2D eigenvalue weighted by Crippen LogP contribution is -2.30. The van der Waals surface area contributed by atoms with Crippen LogP contribution >= 0.6 is 0 Å². The topological polar surface area (TPSA) is 99.8 Å². The molecule has 0 saturated carbocycles. The third-order valence-corrected chi connectivity index (χ3v) is 6.43. The van der Waals surface area contributed by atoms with Crippen LogP contribution in [0.1, 0.15) is 30.5 Å². The number of carbonyl (C=O) groups is 1. The number of hydrogen-bond acceptors (Lipinski definition) is 6. The number of carbonyl (C=O) groups excluding carboxylic acids is 1. The van der Waals surface area contributed by atoms with Crippen LogP contribution in [0.5, 0.6) is 0 Å². The normalized spacial score (nSPS) is 15.3. The molecule has 0 N–H and O–H groups in total. The maximum absolute atomic E-state index is 12.7. The summed E-state index contributed by atoms with van der Waals surface area (Å²) >= 11 is 0. The van der Waals surface area contributed by atoms with E-state index in [0.29, 0.717) is 29.8 Å². The van der Waals surface area contributed by atoms with Crippen molar-refractivity contribution in [3.8, 4) is 6.07 Å². The molecule has 3 rings (SSSR count). The van der Waals surface area contributed by atoms with Crippen LogP contribution in [0, 0.1) is 11.3 Å². The van der Waals surface area contributed by atoms with Gasteiger partial charge in [0.05, 0.1) is 16.5 Å². The van der Waals surface area contributed by atoms with Crippen molar-refractivity contribution < 1.29 is 17.9 Å². The van der Waals surface area contributed by atoms with Crippen LogP contribution in [0.3, 0.4) is 0 Å². The molecule has 148 valence electrons. The summed E-state index contributed by atoms with van der Waals surface area (Å²) in [6.07, 6.45) is 1.55. The number of rotatable bonds is 6. The SMILES string of the molecule is CCN(CC)S(=O)(=O)c1cccc(C2=N/C(=C\c3ccc(C#N)cc3)C(=O)O2)c1. The average Bonchev–Trinajstić information content (AvgIpc) is 3.10. The zero-order valence-electron chi connectivity index (χ0n) is 16.0. The first-order chi connectivity index (χ1) is 13.9. The highest BCUT2D eigenvalue weighted by atomic mass is 32.2. The van der Waals surface area contributed by atoms with Crippen molar-refractivity contribution in [3.05, 3.63) is 70.9 Å². The first kappa shape index (κ1) is 20.5. The number of benzene rings is 2. The molecule has 2 aromatic carbocycles. The van der Waals surface area contributed by atoms with E-state index in [9.17, 15) is 13.2 Å². The Kier molecular flexibility index (Phi) is 5.92. The number of nitriles is 1. The Morgan fingerprint density at radius 1 is 1.14 bits per heavy atom. The van der Waals surface area contributed by atoms with E-state index in [4.69, 9.17) is 10.00 Å². The molecule has 1 heterocycles. The van der Waals surface area contributed by atoms with Crippen LogP contribution in [0.4, 0.5) is 0 Å². The molecule has 0 saturated heterocycles. The van der Waals surface area contributed by atoms with Gasteiger partial charge in [-0.1, -0.05) is 32.0 Å². The zero-order valence-corrected chi connectivity index (χ0v) is 16.8. The van der Waals surface area contributed by atoms with Crippen LogP contribution < -0.4 is 0 Å². The fraction of sp³-hybridized carbons (Fsp3) is 0.190. The van der Waals surface area contributed by atoms with Crippen LogP contribution in [0.2, 0.25) is 0 Å². The van der Waals surface area contributed by atoms with E-state index >= 15 is 0 Å². The second-order valence-corrected chi connectivity index (χ2v) is 8.12. The van der Waals surface area contributed by atoms with E-state index in [-0.39, 0.29) is 16.5 Å². The maximum atomic E-state index is 12.7. The Balaban J connectivity index is 1.93. The van der Waals surface area contributed by atoms with E-state index in [0.717, 1.165) is 0 Å². The van der Waals surface area contributed by atoms with Gasteiger partial charge >= 0.3 is 5.97 Å². The van der Waals surface area contributed by atoms with Gasteiger partial charge in [-0.05, 0) is 42.0 Å². The molecule has 0 radical (unpaired) electrons. The smallest absolute Gasteiger partial charge is 0.363 e. The predicted octanol–water partition coefficient (Wildman–Crippen LogP) is 2.93. The lowest BCUT2D eigenvalue weighted by Gasteiger charge is -2.18. The number of cyclic esters (lactones) is 1. The molecule has 7 nitrogen and oxygen atoms in total. The van der Waals surface area contributed by atoms with Crippen molar-refractivity contribution in [2.45, 2.75) is 18.7 Å². The molecule has 2 aromatic rings. The average molecular weight is 409 g/mol. The first-order valence-corrected chi connectivity index (χ1v) is 10.5. The van der Waals surface area contributed by atoms with Gasteiger partial charge in [-0.3, -0.25) is 0 Å². The van der Waals surface area contributed by atoms with E-state index in [1.807, 2.05) is 6.07 Å². The summed E-state index contributed by atoms with van der Waals surface area (Å²) in [6.45, 7) is 4.26. The fourth-order valence-electron chi connectivity index (χ4n) is 2.85. The van der Waals surface area contributed by atoms with Crippen LogP contribution in [0.15, 0.2) is 64.1 Å². The van der Waals surface area contributed by atoms with E-state index < -0.39 is 16.0 Å². The molecule has 0 unspecified atom stereocenters. The second kappa shape index (κ2) is 8.39. The number of sulfonamides is 1. The van der Waals surface area contributed by atoms with Crippen LogP contribution in [-0.4, -0.2) is 37.7 Å². The molecule has 29 heavy (non-hydrogen) atoms. The van der Waals surface area contributed by atoms with Gasteiger partial charge < -0.3 is 4.74 Å². The summed E-state index contributed by atoms with van der Waals surface area (Å²) in [7, 11) is -3.64. The molecule has 0 atom stereocenters.